The summed E-state index contributed by atoms with van der Waals surface area (Å²) in [5.41, 5.74) is 8.34. The van der Waals surface area contributed by atoms with E-state index >= 15 is 0 Å². The number of aromatic nitrogens is 1. The summed E-state index contributed by atoms with van der Waals surface area (Å²) in [6.07, 6.45) is 2.69. The Morgan fingerprint density at radius 1 is 1.39 bits per heavy atom. The highest BCUT2D eigenvalue weighted by molar-refractivity contribution is 5.90. The number of carboxylic acid groups (broad SMARTS) is 1. The van der Waals surface area contributed by atoms with Gasteiger partial charge < -0.3 is 21.1 Å². The molecule has 0 aliphatic carbocycles. The van der Waals surface area contributed by atoms with Crippen molar-refractivity contribution in [2.75, 3.05) is 17.6 Å². The second kappa shape index (κ2) is 5.27. The van der Waals surface area contributed by atoms with E-state index in [1.165, 1.54) is 6.07 Å². The minimum absolute atomic E-state index is 0.228. The maximum atomic E-state index is 10.9. The van der Waals surface area contributed by atoms with Crippen molar-refractivity contribution in [2.45, 2.75) is 6.42 Å². The number of nitrogens with one attached hydrogen (secondary N) is 2. The van der Waals surface area contributed by atoms with E-state index < -0.39 is 5.97 Å². The third-order valence-corrected chi connectivity index (χ3v) is 2.67. The number of carboxylic acids is 1. The topological polar surface area (TPSA) is 91.1 Å². The summed E-state index contributed by atoms with van der Waals surface area (Å²) in [6, 6.07) is 8.58. The van der Waals surface area contributed by atoms with Crippen molar-refractivity contribution in [2.24, 2.45) is 0 Å². The van der Waals surface area contributed by atoms with Crippen molar-refractivity contribution in [3.8, 4) is 0 Å². The number of nitrogen functional groups attached to an aromatic ring is 1. The Labute approximate surface area is 105 Å². The van der Waals surface area contributed by atoms with Gasteiger partial charge in [-0.1, -0.05) is 0 Å². The summed E-state index contributed by atoms with van der Waals surface area (Å²) in [7, 11) is 0. The van der Waals surface area contributed by atoms with Crippen molar-refractivity contribution in [1.29, 1.82) is 0 Å². The molecule has 94 valence electrons. The van der Waals surface area contributed by atoms with E-state index in [9.17, 15) is 4.79 Å². The fraction of sp³-hybridized carbons (Fsp3) is 0.154. The third kappa shape index (κ3) is 2.82. The quantitative estimate of drug-likeness (QED) is 0.606. The van der Waals surface area contributed by atoms with Crippen LogP contribution in [0.3, 0.4) is 0 Å². The molecule has 2 rings (SSSR count). The van der Waals surface area contributed by atoms with Crippen molar-refractivity contribution >= 4 is 17.3 Å². The molecule has 5 N–H and O–H groups in total. The molecule has 0 bridgehead atoms. The van der Waals surface area contributed by atoms with Crippen LogP contribution in [-0.2, 0) is 6.42 Å². The lowest BCUT2D eigenvalue weighted by atomic mass is 10.1. The normalized spacial score (nSPS) is 10.2. The first-order valence-corrected chi connectivity index (χ1v) is 5.66. The van der Waals surface area contributed by atoms with Gasteiger partial charge in [0.15, 0.2) is 0 Å². The van der Waals surface area contributed by atoms with Crippen molar-refractivity contribution in [3.63, 3.8) is 0 Å². The van der Waals surface area contributed by atoms with Gasteiger partial charge in [-0.25, -0.2) is 4.79 Å². The number of hydrogen-bond acceptors (Lipinski definition) is 3. The van der Waals surface area contributed by atoms with Crippen molar-refractivity contribution in [3.05, 3.63) is 47.8 Å². The van der Waals surface area contributed by atoms with E-state index in [-0.39, 0.29) is 5.56 Å². The molecule has 0 radical (unpaired) electrons. The highest BCUT2D eigenvalue weighted by atomic mass is 16.4. The highest BCUT2D eigenvalue weighted by Gasteiger charge is 2.06. The maximum Gasteiger partial charge on any atom is 0.335 e. The van der Waals surface area contributed by atoms with Gasteiger partial charge in [0.2, 0.25) is 0 Å². The average molecular weight is 245 g/mol. The monoisotopic (exact) mass is 245 g/mol. The molecule has 0 aliphatic rings. The lowest BCUT2D eigenvalue weighted by Crippen LogP contribution is -2.08. The average Bonchev–Trinajstić information content (AvgIpc) is 2.84. The van der Waals surface area contributed by atoms with Gasteiger partial charge >= 0.3 is 5.97 Å². The van der Waals surface area contributed by atoms with Gasteiger partial charge in [-0.15, -0.1) is 0 Å². The Morgan fingerprint density at radius 2 is 2.22 bits per heavy atom. The number of carbonyl (C=O) groups is 1. The van der Waals surface area contributed by atoms with Gasteiger partial charge in [0.1, 0.15) is 0 Å². The smallest absolute Gasteiger partial charge is 0.335 e. The minimum atomic E-state index is -0.956. The molecule has 1 aromatic heterocycles. The number of hydrogen-bond donors (Lipinski definition) is 4. The molecule has 5 nitrogen and oxygen atoms in total. The van der Waals surface area contributed by atoms with Crippen LogP contribution in [0.2, 0.25) is 0 Å². The van der Waals surface area contributed by atoms with Crippen LogP contribution in [0.1, 0.15) is 16.1 Å². The van der Waals surface area contributed by atoms with E-state index in [0.717, 1.165) is 12.1 Å². The first kappa shape index (κ1) is 12.0. The van der Waals surface area contributed by atoms with Crippen molar-refractivity contribution < 1.29 is 9.90 Å². The van der Waals surface area contributed by atoms with Crippen LogP contribution in [0.15, 0.2) is 36.5 Å². The molecule has 0 fully saturated rings. The van der Waals surface area contributed by atoms with E-state index in [1.807, 2.05) is 18.3 Å². The standard InChI is InChI=1S/C13H15N3O2/c14-11-4-3-9(13(17)18)8-12(11)16-7-5-10-2-1-6-15-10/h1-4,6,8,15-16H,5,7,14H2,(H,17,18). The SMILES string of the molecule is Nc1ccc(C(=O)O)cc1NCCc1ccc[nH]1. The summed E-state index contributed by atoms with van der Waals surface area (Å²) in [4.78, 5) is 14.0. The number of benzene rings is 1. The van der Waals surface area contributed by atoms with Crippen molar-refractivity contribution in [1.82, 2.24) is 4.98 Å². The molecule has 0 atom stereocenters. The number of H-pyrrole nitrogens is 1. The molecule has 1 heterocycles. The lowest BCUT2D eigenvalue weighted by Gasteiger charge is -2.09. The molecule has 18 heavy (non-hydrogen) atoms. The molecule has 0 unspecified atom stereocenters. The van der Waals surface area contributed by atoms with E-state index in [2.05, 4.69) is 10.3 Å². The Morgan fingerprint density at radius 3 is 2.89 bits per heavy atom. The molecule has 0 saturated heterocycles. The second-order valence-corrected chi connectivity index (χ2v) is 3.98. The molecule has 0 saturated carbocycles. The Kier molecular flexibility index (Phi) is 3.52. The van der Waals surface area contributed by atoms with Gasteiger partial charge in [0.25, 0.3) is 0 Å². The van der Waals surface area contributed by atoms with E-state index in [1.54, 1.807) is 12.1 Å². The molecule has 0 spiro atoms. The van der Waals surface area contributed by atoms with E-state index in [4.69, 9.17) is 10.8 Å². The molecule has 0 amide bonds. The third-order valence-electron chi connectivity index (χ3n) is 2.67. The number of aromatic carboxylic acids is 1. The molecule has 2 aromatic rings. The first-order valence-electron chi connectivity index (χ1n) is 5.66. The van der Waals surface area contributed by atoms with Crippen LogP contribution >= 0.6 is 0 Å². The summed E-state index contributed by atoms with van der Waals surface area (Å²) in [5, 5.41) is 12.0. The second-order valence-electron chi connectivity index (χ2n) is 3.98. The van der Waals surface area contributed by atoms with Gasteiger partial charge in [-0.2, -0.15) is 0 Å². The Hall–Kier alpha value is -2.43. The molecular weight excluding hydrogens is 230 g/mol. The van der Waals surface area contributed by atoms with Crippen LogP contribution in [0.5, 0.6) is 0 Å². The van der Waals surface area contributed by atoms with Gasteiger partial charge in [0, 0.05) is 24.9 Å². The van der Waals surface area contributed by atoms with E-state index in [0.29, 0.717) is 17.9 Å². The molecule has 1 aromatic carbocycles. The fourth-order valence-corrected chi connectivity index (χ4v) is 1.70. The Bertz CT molecular complexity index is 535. The zero-order chi connectivity index (χ0) is 13.0. The number of anilines is 2. The Balaban J connectivity index is 2.00. The van der Waals surface area contributed by atoms with Crippen LogP contribution in [0.4, 0.5) is 11.4 Å². The van der Waals surface area contributed by atoms with Gasteiger partial charge in [-0.3, -0.25) is 0 Å². The summed E-state index contributed by atoms with van der Waals surface area (Å²) in [6.45, 7) is 0.688. The molecular formula is C13H15N3O2. The fourth-order valence-electron chi connectivity index (χ4n) is 1.70. The van der Waals surface area contributed by atoms with Crippen LogP contribution in [-0.4, -0.2) is 22.6 Å². The largest absolute Gasteiger partial charge is 0.478 e. The number of nitrogens with two attached hydrogens (primary N) is 1. The van der Waals surface area contributed by atoms with Gasteiger partial charge in [0.05, 0.1) is 16.9 Å². The summed E-state index contributed by atoms with van der Waals surface area (Å²) >= 11 is 0. The molecule has 0 aliphatic heterocycles. The summed E-state index contributed by atoms with van der Waals surface area (Å²) in [5.74, 6) is -0.956. The van der Waals surface area contributed by atoms with Crippen LogP contribution in [0, 0.1) is 0 Å². The predicted octanol–water partition coefficient (Wildman–Crippen LogP) is 1.95. The zero-order valence-corrected chi connectivity index (χ0v) is 9.81. The minimum Gasteiger partial charge on any atom is -0.478 e. The number of rotatable bonds is 5. The number of aromatic amines is 1. The van der Waals surface area contributed by atoms with Gasteiger partial charge in [-0.05, 0) is 30.3 Å². The first-order chi connectivity index (χ1) is 8.66. The summed E-state index contributed by atoms with van der Waals surface area (Å²) < 4.78 is 0. The highest BCUT2D eigenvalue weighted by Crippen LogP contribution is 2.20. The maximum absolute atomic E-state index is 10.9. The zero-order valence-electron chi connectivity index (χ0n) is 9.81. The predicted molar refractivity (Wildman–Crippen MR) is 70.8 cm³/mol. The van der Waals surface area contributed by atoms with Crippen LogP contribution in [0.25, 0.3) is 0 Å². The molecule has 5 heteroatoms. The van der Waals surface area contributed by atoms with Crippen LogP contribution < -0.4 is 11.1 Å². The lowest BCUT2D eigenvalue weighted by molar-refractivity contribution is 0.0697.